The van der Waals surface area contributed by atoms with Crippen LogP contribution in [0.2, 0.25) is 5.02 Å². The smallest absolute Gasteiger partial charge is 0.269 e. The summed E-state index contributed by atoms with van der Waals surface area (Å²) in [6, 6.07) is 9.67. The number of nitrogens with one attached hydrogen (secondary N) is 2. The fraction of sp³-hybridized carbons (Fsp3) is 0.125. The van der Waals surface area contributed by atoms with E-state index in [1.807, 2.05) is 22.6 Å². The van der Waals surface area contributed by atoms with Crippen molar-refractivity contribution in [1.29, 1.82) is 0 Å². The Balaban J connectivity index is 1.64. The monoisotopic (exact) mass is 458 g/mol. The van der Waals surface area contributed by atoms with Gasteiger partial charge in [0, 0.05) is 14.7 Å². The summed E-state index contributed by atoms with van der Waals surface area (Å²) in [6.07, 6.45) is 0. The number of ether oxygens (including phenoxy) is 2. The minimum Gasteiger partial charge on any atom is -0.486 e. The van der Waals surface area contributed by atoms with Crippen LogP contribution in [0, 0.1) is 3.57 Å². The second-order valence-electron chi connectivity index (χ2n) is 4.90. The lowest BCUT2D eigenvalue weighted by Gasteiger charge is -2.18. The van der Waals surface area contributed by atoms with Gasteiger partial charge in [-0.25, -0.2) is 0 Å². The molecular formula is C16H12ClIN2O4. The van der Waals surface area contributed by atoms with Crippen molar-refractivity contribution in [1.82, 2.24) is 10.9 Å². The van der Waals surface area contributed by atoms with E-state index >= 15 is 0 Å². The van der Waals surface area contributed by atoms with Gasteiger partial charge in [0.05, 0.1) is 5.02 Å². The van der Waals surface area contributed by atoms with Crippen LogP contribution in [0.25, 0.3) is 0 Å². The molecule has 0 fully saturated rings. The first-order chi connectivity index (χ1) is 11.5. The second-order valence-corrected chi connectivity index (χ2v) is 6.46. The largest absolute Gasteiger partial charge is 0.486 e. The van der Waals surface area contributed by atoms with Crippen molar-refractivity contribution >= 4 is 46.0 Å². The quantitative estimate of drug-likeness (QED) is 0.536. The van der Waals surface area contributed by atoms with Crippen LogP contribution in [0.15, 0.2) is 36.4 Å². The van der Waals surface area contributed by atoms with Gasteiger partial charge in [-0.3, -0.25) is 20.4 Å². The van der Waals surface area contributed by atoms with Gasteiger partial charge in [0.25, 0.3) is 11.8 Å². The molecule has 0 aliphatic carbocycles. The van der Waals surface area contributed by atoms with Gasteiger partial charge < -0.3 is 9.47 Å². The van der Waals surface area contributed by atoms with Crippen LogP contribution in [0.4, 0.5) is 0 Å². The van der Waals surface area contributed by atoms with Gasteiger partial charge >= 0.3 is 0 Å². The van der Waals surface area contributed by atoms with Crippen LogP contribution >= 0.6 is 34.2 Å². The van der Waals surface area contributed by atoms with E-state index in [4.69, 9.17) is 21.1 Å². The van der Waals surface area contributed by atoms with Crippen molar-refractivity contribution in [3.8, 4) is 11.5 Å². The van der Waals surface area contributed by atoms with Crippen LogP contribution in [-0.4, -0.2) is 25.0 Å². The van der Waals surface area contributed by atoms with Gasteiger partial charge in [0.15, 0.2) is 11.5 Å². The van der Waals surface area contributed by atoms with Crippen LogP contribution in [0.5, 0.6) is 11.5 Å². The summed E-state index contributed by atoms with van der Waals surface area (Å²) in [5.74, 6) is 0.213. The zero-order valence-corrected chi connectivity index (χ0v) is 15.2. The van der Waals surface area contributed by atoms with Crippen molar-refractivity contribution in [2.24, 2.45) is 0 Å². The molecule has 0 bridgehead atoms. The molecule has 124 valence electrons. The average molecular weight is 459 g/mol. The summed E-state index contributed by atoms with van der Waals surface area (Å²) in [7, 11) is 0. The number of hydrogen-bond donors (Lipinski definition) is 2. The zero-order valence-electron chi connectivity index (χ0n) is 12.3. The molecule has 0 saturated carbocycles. The number of hydrogen-bond acceptors (Lipinski definition) is 4. The molecule has 1 heterocycles. The summed E-state index contributed by atoms with van der Waals surface area (Å²) >= 11 is 7.95. The fourth-order valence-corrected chi connectivity index (χ4v) is 2.71. The maximum absolute atomic E-state index is 12.1. The third-order valence-corrected chi connectivity index (χ3v) is 4.82. The highest BCUT2D eigenvalue weighted by molar-refractivity contribution is 14.1. The van der Waals surface area contributed by atoms with E-state index in [0.717, 1.165) is 3.57 Å². The molecule has 0 aromatic heterocycles. The van der Waals surface area contributed by atoms with E-state index in [1.165, 1.54) is 0 Å². The standard InChI is InChI=1S/C16H12ClIN2O4/c17-11-3-1-9(7-12(11)18)15(21)19-20-16(22)10-2-4-13-14(8-10)24-6-5-23-13/h1-4,7-8H,5-6H2,(H,19,21)(H,20,22). The number of rotatable bonds is 2. The van der Waals surface area contributed by atoms with Crippen molar-refractivity contribution in [3.63, 3.8) is 0 Å². The molecule has 0 saturated heterocycles. The second kappa shape index (κ2) is 7.27. The molecule has 6 nitrogen and oxygen atoms in total. The molecule has 0 unspecified atom stereocenters. The van der Waals surface area contributed by atoms with Gasteiger partial charge in [-0.1, -0.05) is 11.6 Å². The Morgan fingerprint density at radius 3 is 2.17 bits per heavy atom. The first kappa shape index (κ1) is 16.8. The van der Waals surface area contributed by atoms with E-state index in [1.54, 1.807) is 36.4 Å². The molecule has 0 atom stereocenters. The van der Waals surface area contributed by atoms with E-state index in [-0.39, 0.29) is 0 Å². The lowest BCUT2D eigenvalue weighted by atomic mass is 10.2. The van der Waals surface area contributed by atoms with Crippen LogP contribution in [-0.2, 0) is 0 Å². The molecule has 2 amide bonds. The predicted molar refractivity (Wildman–Crippen MR) is 96.5 cm³/mol. The van der Waals surface area contributed by atoms with Gasteiger partial charge in [-0.05, 0) is 59.0 Å². The summed E-state index contributed by atoms with van der Waals surface area (Å²) in [5.41, 5.74) is 5.48. The van der Waals surface area contributed by atoms with Gasteiger partial charge in [0.1, 0.15) is 13.2 Å². The molecule has 0 spiro atoms. The molecular weight excluding hydrogens is 447 g/mol. The molecule has 2 aromatic rings. The van der Waals surface area contributed by atoms with Gasteiger partial charge in [-0.15, -0.1) is 0 Å². The first-order valence-electron chi connectivity index (χ1n) is 7.00. The summed E-state index contributed by atoms with van der Waals surface area (Å²) in [4.78, 5) is 24.2. The average Bonchev–Trinajstić information content (AvgIpc) is 2.61. The fourth-order valence-electron chi connectivity index (χ4n) is 2.08. The van der Waals surface area contributed by atoms with Gasteiger partial charge in [-0.2, -0.15) is 0 Å². The van der Waals surface area contributed by atoms with E-state index in [2.05, 4.69) is 10.9 Å². The van der Waals surface area contributed by atoms with Crippen molar-refractivity contribution in [2.75, 3.05) is 13.2 Å². The minimum absolute atomic E-state index is 0.352. The highest BCUT2D eigenvalue weighted by atomic mass is 127. The molecule has 1 aliphatic heterocycles. The third-order valence-electron chi connectivity index (χ3n) is 3.28. The highest BCUT2D eigenvalue weighted by Crippen LogP contribution is 2.30. The first-order valence-corrected chi connectivity index (χ1v) is 8.45. The number of carbonyl (C=O) groups is 2. The minimum atomic E-state index is -0.455. The Morgan fingerprint density at radius 2 is 1.50 bits per heavy atom. The van der Waals surface area contributed by atoms with Crippen molar-refractivity contribution in [2.45, 2.75) is 0 Å². The van der Waals surface area contributed by atoms with E-state index < -0.39 is 11.8 Å². The zero-order chi connectivity index (χ0) is 17.1. The Bertz CT molecular complexity index is 813. The Kier molecular flexibility index (Phi) is 5.10. The normalized spacial score (nSPS) is 12.4. The lowest BCUT2D eigenvalue weighted by molar-refractivity contribution is 0.0846. The third kappa shape index (κ3) is 3.73. The SMILES string of the molecule is O=C(NNC(=O)c1ccc2c(c1)OCCO2)c1ccc(Cl)c(I)c1. The Morgan fingerprint density at radius 1 is 0.917 bits per heavy atom. The molecule has 24 heavy (non-hydrogen) atoms. The maximum Gasteiger partial charge on any atom is 0.269 e. The van der Waals surface area contributed by atoms with E-state index in [9.17, 15) is 9.59 Å². The number of carbonyl (C=O) groups excluding carboxylic acids is 2. The molecule has 0 radical (unpaired) electrons. The highest BCUT2D eigenvalue weighted by Gasteiger charge is 2.15. The molecule has 1 aliphatic rings. The summed E-state index contributed by atoms with van der Waals surface area (Å²) in [6.45, 7) is 0.915. The summed E-state index contributed by atoms with van der Waals surface area (Å²) in [5, 5.41) is 0.562. The van der Waals surface area contributed by atoms with Gasteiger partial charge in [0.2, 0.25) is 0 Å². The maximum atomic E-state index is 12.1. The number of hydrazine groups is 1. The molecule has 2 aromatic carbocycles. The molecule has 2 N–H and O–H groups in total. The predicted octanol–water partition coefficient (Wildman–Crippen LogP) is 2.79. The lowest BCUT2D eigenvalue weighted by Crippen LogP contribution is -2.41. The number of benzene rings is 2. The Labute approximate surface area is 156 Å². The van der Waals surface area contributed by atoms with E-state index in [0.29, 0.717) is 40.9 Å². The molecule has 8 heteroatoms. The van der Waals surface area contributed by atoms with Crippen LogP contribution in [0.3, 0.4) is 0 Å². The Hall–Kier alpha value is -2.00. The van der Waals surface area contributed by atoms with Crippen LogP contribution < -0.4 is 20.3 Å². The topological polar surface area (TPSA) is 76.7 Å². The molecule has 3 rings (SSSR count). The van der Waals surface area contributed by atoms with Crippen molar-refractivity contribution < 1.29 is 19.1 Å². The number of fused-ring (bicyclic) bond motifs is 1. The summed E-state index contributed by atoms with van der Waals surface area (Å²) < 4.78 is 11.6. The van der Waals surface area contributed by atoms with Crippen LogP contribution in [0.1, 0.15) is 20.7 Å². The van der Waals surface area contributed by atoms with Crippen molar-refractivity contribution in [3.05, 3.63) is 56.1 Å². The number of halogens is 2. The number of amides is 2.